The number of carbonyl (C=O) groups is 2. The number of hydrogen-bond acceptors (Lipinski definition) is 2. The molecule has 1 aromatic carbocycles. The van der Waals surface area contributed by atoms with Gasteiger partial charge in [0, 0.05) is 11.7 Å². The Morgan fingerprint density at radius 2 is 2.09 bits per heavy atom. The highest BCUT2D eigenvalue weighted by molar-refractivity contribution is 6.34. The van der Waals surface area contributed by atoms with Gasteiger partial charge < -0.3 is 16.4 Å². The quantitative estimate of drug-likeness (QED) is 0.742. The molecule has 1 aliphatic rings. The molecule has 0 saturated carbocycles. The zero-order valence-corrected chi connectivity index (χ0v) is 13.2. The van der Waals surface area contributed by atoms with Gasteiger partial charge in [0.25, 0.3) is 0 Å². The first kappa shape index (κ1) is 16.4. The van der Waals surface area contributed by atoms with E-state index in [0.29, 0.717) is 5.69 Å². The lowest BCUT2D eigenvalue weighted by Crippen LogP contribution is -2.37. The van der Waals surface area contributed by atoms with Crippen molar-refractivity contribution >= 4 is 29.2 Å². The lowest BCUT2D eigenvalue weighted by atomic mass is 9.95. The second-order valence-electron chi connectivity index (χ2n) is 5.40. The molecule has 0 aliphatic heterocycles. The highest BCUT2D eigenvalue weighted by atomic mass is 35.5. The van der Waals surface area contributed by atoms with Crippen molar-refractivity contribution in [3.8, 4) is 0 Å². The fraction of sp³-hybridized carbons (Fsp3) is 0.375. The number of amides is 3. The predicted octanol–water partition coefficient (Wildman–Crippen LogP) is 3.45. The van der Waals surface area contributed by atoms with Gasteiger partial charge in [0.05, 0.1) is 10.6 Å². The first-order chi connectivity index (χ1) is 10.5. The second kappa shape index (κ2) is 7.31. The monoisotopic (exact) mass is 321 g/mol. The third-order valence-corrected chi connectivity index (χ3v) is 4.04. The lowest BCUT2D eigenvalue weighted by Gasteiger charge is -2.21. The molecule has 118 valence electrons. The van der Waals surface area contributed by atoms with E-state index in [2.05, 4.69) is 16.7 Å². The van der Waals surface area contributed by atoms with E-state index in [-0.39, 0.29) is 22.7 Å². The number of rotatable bonds is 4. The number of primary amides is 1. The van der Waals surface area contributed by atoms with Gasteiger partial charge >= 0.3 is 6.03 Å². The van der Waals surface area contributed by atoms with E-state index in [1.54, 1.807) is 6.07 Å². The van der Waals surface area contributed by atoms with Crippen molar-refractivity contribution in [3.63, 3.8) is 0 Å². The molecule has 6 heteroatoms. The Kier molecular flexibility index (Phi) is 5.44. The molecule has 0 spiro atoms. The molecule has 1 aromatic rings. The van der Waals surface area contributed by atoms with Crippen LogP contribution in [0.15, 0.2) is 29.8 Å². The minimum Gasteiger partial charge on any atom is -0.366 e. The van der Waals surface area contributed by atoms with Gasteiger partial charge in [0.1, 0.15) is 0 Å². The average Bonchev–Trinajstić information content (AvgIpc) is 2.47. The molecular weight excluding hydrogens is 302 g/mol. The molecule has 0 saturated heterocycles. The molecular formula is C16H20ClN3O2. The molecule has 1 aliphatic carbocycles. The van der Waals surface area contributed by atoms with Gasteiger partial charge in [-0.2, -0.15) is 0 Å². The molecule has 0 aromatic heterocycles. The average molecular weight is 322 g/mol. The Hall–Kier alpha value is -2.01. The normalized spacial score (nSPS) is 15.6. The fourth-order valence-corrected chi connectivity index (χ4v) is 2.78. The number of nitrogens with two attached hydrogens (primary N) is 1. The van der Waals surface area contributed by atoms with Crippen molar-refractivity contribution in [2.75, 3.05) is 5.32 Å². The number of urea groups is 1. The summed E-state index contributed by atoms with van der Waals surface area (Å²) >= 11 is 5.95. The first-order valence-electron chi connectivity index (χ1n) is 7.33. The zero-order valence-electron chi connectivity index (χ0n) is 12.5. The molecule has 4 N–H and O–H groups in total. The molecule has 2 rings (SSSR count). The van der Waals surface area contributed by atoms with Gasteiger partial charge in [-0.05, 0) is 50.8 Å². The number of halogens is 1. The van der Waals surface area contributed by atoms with Crippen LogP contribution in [0.1, 0.15) is 43.0 Å². The Bertz CT molecular complexity index is 613. The van der Waals surface area contributed by atoms with Crippen LogP contribution in [0.25, 0.3) is 0 Å². The van der Waals surface area contributed by atoms with Crippen LogP contribution in [-0.4, -0.2) is 18.0 Å². The molecule has 5 nitrogen and oxygen atoms in total. The van der Waals surface area contributed by atoms with E-state index in [1.807, 2.05) is 6.92 Å². The topological polar surface area (TPSA) is 84.2 Å². The summed E-state index contributed by atoms with van der Waals surface area (Å²) in [4.78, 5) is 23.1. The Morgan fingerprint density at radius 1 is 1.32 bits per heavy atom. The van der Waals surface area contributed by atoms with Gasteiger partial charge in [0.2, 0.25) is 5.91 Å². The highest BCUT2D eigenvalue weighted by Crippen LogP contribution is 2.22. The van der Waals surface area contributed by atoms with Crippen LogP contribution >= 0.6 is 11.6 Å². The number of hydrogen-bond donors (Lipinski definition) is 3. The molecule has 1 atom stereocenters. The van der Waals surface area contributed by atoms with Crippen LogP contribution in [0.5, 0.6) is 0 Å². The largest absolute Gasteiger partial charge is 0.366 e. The summed E-state index contributed by atoms with van der Waals surface area (Å²) in [7, 11) is 0. The van der Waals surface area contributed by atoms with Crippen LogP contribution in [0.2, 0.25) is 5.02 Å². The Morgan fingerprint density at radius 3 is 2.68 bits per heavy atom. The summed E-state index contributed by atoms with van der Waals surface area (Å²) in [6.07, 6.45) is 6.69. The van der Waals surface area contributed by atoms with Crippen LogP contribution < -0.4 is 16.4 Å². The molecule has 3 amide bonds. The number of benzene rings is 1. The van der Waals surface area contributed by atoms with Crippen molar-refractivity contribution in [1.29, 1.82) is 0 Å². The molecule has 0 fully saturated rings. The number of nitrogens with one attached hydrogen (secondary N) is 2. The summed E-state index contributed by atoms with van der Waals surface area (Å²) in [5.74, 6) is -0.598. The fourth-order valence-electron chi connectivity index (χ4n) is 2.51. The van der Waals surface area contributed by atoms with Gasteiger partial charge in [-0.25, -0.2) is 4.79 Å². The van der Waals surface area contributed by atoms with Crippen LogP contribution in [-0.2, 0) is 0 Å². The van der Waals surface area contributed by atoms with E-state index in [0.717, 1.165) is 12.8 Å². The summed E-state index contributed by atoms with van der Waals surface area (Å²) in [6.45, 7) is 1.97. The van der Waals surface area contributed by atoms with E-state index >= 15 is 0 Å². The molecule has 0 bridgehead atoms. The summed E-state index contributed by atoms with van der Waals surface area (Å²) in [6, 6.07) is 4.29. The SMILES string of the molecule is CC(NC(=O)Nc1ccc(C(N)=O)c(Cl)c1)C1=CCCCC1. The minimum absolute atomic E-state index is 0.000615. The number of allylic oxidation sites excluding steroid dienone is 1. The van der Waals surface area contributed by atoms with Crippen molar-refractivity contribution in [2.45, 2.75) is 38.6 Å². The summed E-state index contributed by atoms with van der Waals surface area (Å²) < 4.78 is 0. The standard InChI is InChI=1S/C16H20ClN3O2/c1-10(11-5-3-2-4-6-11)19-16(22)20-12-7-8-13(15(18)21)14(17)9-12/h5,7-10H,2-4,6H2,1H3,(H2,18,21)(H2,19,20,22). The summed E-state index contributed by atoms with van der Waals surface area (Å²) in [5, 5.41) is 5.82. The third kappa shape index (κ3) is 4.24. The van der Waals surface area contributed by atoms with Crippen LogP contribution in [0, 0.1) is 0 Å². The van der Waals surface area contributed by atoms with Crippen molar-refractivity contribution in [2.24, 2.45) is 5.73 Å². The van der Waals surface area contributed by atoms with Gasteiger partial charge in [0.15, 0.2) is 0 Å². The van der Waals surface area contributed by atoms with E-state index in [1.165, 1.54) is 30.5 Å². The van der Waals surface area contributed by atoms with E-state index < -0.39 is 5.91 Å². The second-order valence-corrected chi connectivity index (χ2v) is 5.81. The van der Waals surface area contributed by atoms with Crippen molar-refractivity contribution in [1.82, 2.24) is 5.32 Å². The third-order valence-electron chi connectivity index (χ3n) is 3.72. The number of carbonyl (C=O) groups excluding carboxylic acids is 2. The van der Waals surface area contributed by atoms with Crippen LogP contribution in [0.3, 0.4) is 0 Å². The summed E-state index contributed by atoms with van der Waals surface area (Å²) in [5.41, 5.74) is 7.19. The zero-order chi connectivity index (χ0) is 16.1. The maximum absolute atomic E-state index is 12.0. The van der Waals surface area contributed by atoms with Crippen molar-refractivity contribution < 1.29 is 9.59 Å². The van der Waals surface area contributed by atoms with Crippen molar-refractivity contribution in [3.05, 3.63) is 40.4 Å². The minimum atomic E-state index is -0.598. The van der Waals surface area contributed by atoms with Gasteiger partial charge in [-0.1, -0.05) is 23.3 Å². The van der Waals surface area contributed by atoms with Crippen LogP contribution in [0.4, 0.5) is 10.5 Å². The maximum Gasteiger partial charge on any atom is 0.319 e. The Balaban J connectivity index is 1.95. The van der Waals surface area contributed by atoms with Gasteiger partial charge in [-0.3, -0.25) is 4.79 Å². The molecule has 0 radical (unpaired) electrons. The van der Waals surface area contributed by atoms with Gasteiger partial charge in [-0.15, -0.1) is 0 Å². The molecule has 1 unspecified atom stereocenters. The smallest absolute Gasteiger partial charge is 0.319 e. The molecule has 22 heavy (non-hydrogen) atoms. The lowest BCUT2D eigenvalue weighted by molar-refractivity contribution is 0.100. The van der Waals surface area contributed by atoms with E-state index in [4.69, 9.17) is 17.3 Å². The predicted molar refractivity (Wildman–Crippen MR) is 88.1 cm³/mol. The first-order valence-corrected chi connectivity index (χ1v) is 7.71. The van der Waals surface area contributed by atoms with E-state index in [9.17, 15) is 9.59 Å². The maximum atomic E-state index is 12.0. The highest BCUT2D eigenvalue weighted by Gasteiger charge is 2.14. The number of anilines is 1. The molecule has 0 heterocycles. The Labute approximate surface area is 134 Å².